The van der Waals surface area contributed by atoms with Crippen molar-refractivity contribution in [1.29, 1.82) is 0 Å². The first-order valence-corrected chi connectivity index (χ1v) is 6.33. The standard InChI is InChI=1S/C14H16ClN3O/c1-14(2,3)8-13(18-10-16-9-17-18)19-12-6-4-11(15)5-7-12/h4-10H,1-3H3. The topological polar surface area (TPSA) is 39.9 Å². The average Bonchev–Trinajstić information content (AvgIpc) is 2.83. The lowest BCUT2D eigenvalue weighted by molar-refractivity contribution is 0.443. The lowest BCUT2D eigenvalue weighted by Crippen LogP contribution is -2.10. The molecule has 0 amide bonds. The van der Waals surface area contributed by atoms with Crippen LogP contribution in [0.2, 0.25) is 5.02 Å². The monoisotopic (exact) mass is 277 g/mol. The zero-order chi connectivity index (χ0) is 13.9. The Morgan fingerprint density at radius 3 is 2.47 bits per heavy atom. The van der Waals surface area contributed by atoms with E-state index in [9.17, 15) is 0 Å². The molecule has 0 N–H and O–H groups in total. The smallest absolute Gasteiger partial charge is 0.218 e. The molecule has 2 aromatic rings. The third kappa shape index (κ3) is 4.10. The van der Waals surface area contributed by atoms with Gasteiger partial charge in [-0.15, -0.1) is 0 Å². The molecular weight excluding hydrogens is 262 g/mol. The molecule has 0 saturated heterocycles. The maximum atomic E-state index is 5.86. The van der Waals surface area contributed by atoms with E-state index in [2.05, 4.69) is 30.9 Å². The Morgan fingerprint density at radius 1 is 1.26 bits per heavy atom. The van der Waals surface area contributed by atoms with Crippen LogP contribution in [-0.2, 0) is 0 Å². The largest absolute Gasteiger partial charge is 0.439 e. The van der Waals surface area contributed by atoms with Crippen LogP contribution in [0, 0.1) is 5.41 Å². The molecule has 100 valence electrons. The number of rotatable bonds is 3. The van der Waals surface area contributed by atoms with Crippen LogP contribution in [0.25, 0.3) is 5.88 Å². The molecular formula is C14H16ClN3O. The van der Waals surface area contributed by atoms with Gasteiger partial charge in [0.15, 0.2) is 0 Å². The quantitative estimate of drug-likeness (QED) is 0.800. The highest BCUT2D eigenvalue weighted by Gasteiger charge is 2.12. The van der Waals surface area contributed by atoms with Gasteiger partial charge in [0.25, 0.3) is 0 Å². The molecule has 0 radical (unpaired) electrons. The van der Waals surface area contributed by atoms with Crippen molar-refractivity contribution in [2.75, 3.05) is 0 Å². The van der Waals surface area contributed by atoms with Crippen molar-refractivity contribution in [2.24, 2.45) is 5.41 Å². The Bertz CT molecular complexity index is 553. The zero-order valence-electron chi connectivity index (χ0n) is 11.2. The van der Waals surface area contributed by atoms with Crippen LogP contribution in [0.4, 0.5) is 0 Å². The molecule has 1 aromatic heterocycles. The van der Waals surface area contributed by atoms with Gasteiger partial charge in [0, 0.05) is 5.02 Å². The van der Waals surface area contributed by atoms with E-state index in [0.29, 0.717) is 16.7 Å². The van der Waals surface area contributed by atoms with Crippen LogP contribution in [0.15, 0.2) is 43.0 Å². The summed E-state index contributed by atoms with van der Waals surface area (Å²) in [4.78, 5) is 3.94. The van der Waals surface area contributed by atoms with E-state index in [1.54, 1.807) is 23.1 Å². The van der Waals surface area contributed by atoms with Crippen molar-refractivity contribution in [1.82, 2.24) is 14.8 Å². The van der Waals surface area contributed by atoms with Gasteiger partial charge in [0.1, 0.15) is 18.4 Å². The lowest BCUT2D eigenvalue weighted by Gasteiger charge is -2.16. The molecule has 0 fully saturated rings. The number of nitrogens with zero attached hydrogens (tertiary/aromatic N) is 3. The summed E-state index contributed by atoms with van der Waals surface area (Å²) >= 11 is 5.86. The van der Waals surface area contributed by atoms with Crippen LogP contribution in [0.5, 0.6) is 5.75 Å². The number of ether oxygens (including phenoxy) is 1. The van der Waals surface area contributed by atoms with E-state index in [1.807, 2.05) is 18.2 Å². The summed E-state index contributed by atoms with van der Waals surface area (Å²) in [6.07, 6.45) is 5.07. The molecule has 5 heteroatoms. The van der Waals surface area contributed by atoms with Crippen LogP contribution >= 0.6 is 11.6 Å². The van der Waals surface area contributed by atoms with Gasteiger partial charge in [-0.3, -0.25) is 0 Å². The summed E-state index contributed by atoms with van der Waals surface area (Å²) < 4.78 is 7.45. The summed E-state index contributed by atoms with van der Waals surface area (Å²) in [6, 6.07) is 7.20. The van der Waals surface area contributed by atoms with Gasteiger partial charge < -0.3 is 4.74 Å². The molecule has 0 bridgehead atoms. The van der Waals surface area contributed by atoms with Gasteiger partial charge >= 0.3 is 0 Å². The molecule has 1 aromatic carbocycles. The van der Waals surface area contributed by atoms with E-state index >= 15 is 0 Å². The second-order valence-electron chi connectivity index (χ2n) is 5.24. The molecule has 1 heterocycles. The molecule has 4 nitrogen and oxygen atoms in total. The van der Waals surface area contributed by atoms with E-state index in [-0.39, 0.29) is 5.41 Å². The Labute approximate surface area is 117 Å². The number of hydrogen-bond donors (Lipinski definition) is 0. The van der Waals surface area contributed by atoms with Gasteiger partial charge in [-0.25, -0.2) is 4.98 Å². The van der Waals surface area contributed by atoms with E-state index in [4.69, 9.17) is 16.3 Å². The third-order valence-electron chi connectivity index (χ3n) is 2.24. The fourth-order valence-corrected chi connectivity index (χ4v) is 1.58. The first kappa shape index (κ1) is 13.6. The fourth-order valence-electron chi connectivity index (χ4n) is 1.46. The highest BCUT2D eigenvalue weighted by Crippen LogP contribution is 2.23. The maximum Gasteiger partial charge on any atom is 0.218 e. The Hall–Kier alpha value is -1.81. The highest BCUT2D eigenvalue weighted by atomic mass is 35.5. The first-order valence-electron chi connectivity index (χ1n) is 5.95. The predicted octanol–water partition coefficient (Wildman–Crippen LogP) is 3.86. The summed E-state index contributed by atoms with van der Waals surface area (Å²) in [5.74, 6) is 1.32. The van der Waals surface area contributed by atoms with Gasteiger partial charge in [-0.05, 0) is 35.8 Å². The molecule has 0 saturated carbocycles. The van der Waals surface area contributed by atoms with Crippen molar-refractivity contribution < 1.29 is 4.74 Å². The van der Waals surface area contributed by atoms with Crippen molar-refractivity contribution in [3.05, 3.63) is 48.0 Å². The molecule has 0 atom stereocenters. The minimum absolute atomic E-state index is 0.0340. The van der Waals surface area contributed by atoms with Crippen molar-refractivity contribution in [3.8, 4) is 5.75 Å². The maximum absolute atomic E-state index is 5.86. The lowest BCUT2D eigenvalue weighted by atomic mass is 9.97. The Morgan fingerprint density at radius 2 is 1.95 bits per heavy atom. The molecule has 0 aliphatic heterocycles. The molecule has 0 spiro atoms. The van der Waals surface area contributed by atoms with Crippen LogP contribution in [0.3, 0.4) is 0 Å². The van der Waals surface area contributed by atoms with Crippen molar-refractivity contribution >= 4 is 17.5 Å². The molecule has 0 aliphatic carbocycles. The van der Waals surface area contributed by atoms with Crippen LogP contribution in [0.1, 0.15) is 20.8 Å². The van der Waals surface area contributed by atoms with Crippen LogP contribution in [-0.4, -0.2) is 14.8 Å². The predicted molar refractivity (Wildman–Crippen MR) is 75.8 cm³/mol. The van der Waals surface area contributed by atoms with Gasteiger partial charge in [0.2, 0.25) is 5.88 Å². The van der Waals surface area contributed by atoms with E-state index in [1.165, 1.54) is 6.33 Å². The average molecular weight is 278 g/mol. The van der Waals surface area contributed by atoms with Crippen LogP contribution < -0.4 is 4.74 Å². The molecule has 19 heavy (non-hydrogen) atoms. The second kappa shape index (κ2) is 5.45. The zero-order valence-corrected chi connectivity index (χ0v) is 11.9. The molecule has 0 unspecified atom stereocenters. The van der Waals surface area contributed by atoms with Gasteiger partial charge in [0.05, 0.1) is 0 Å². The summed E-state index contributed by atoms with van der Waals surface area (Å²) in [5, 5.41) is 4.78. The fraction of sp³-hybridized carbons (Fsp3) is 0.286. The number of aromatic nitrogens is 3. The Balaban J connectivity index is 2.29. The van der Waals surface area contributed by atoms with Crippen molar-refractivity contribution in [2.45, 2.75) is 20.8 Å². The minimum Gasteiger partial charge on any atom is -0.439 e. The number of allylic oxidation sites excluding steroid dienone is 1. The number of hydrogen-bond acceptors (Lipinski definition) is 3. The summed E-state index contributed by atoms with van der Waals surface area (Å²) in [7, 11) is 0. The van der Waals surface area contributed by atoms with Crippen molar-refractivity contribution in [3.63, 3.8) is 0 Å². The highest BCUT2D eigenvalue weighted by molar-refractivity contribution is 6.30. The minimum atomic E-state index is -0.0340. The SMILES string of the molecule is CC(C)(C)C=C(Oc1ccc(Cl)cc1)n1cncn1. The second-order valence-corrected chi connectivity index (χ2v) is 5.68. The number of benzene rings is 1. The summed E-state index contributed by atoms with van der Waals surface area (Å²) in [5.41, 5.74) is -0.0340. The van der Waals surface area contributed by atoms with E-state index in [0.717, 1.165) is 0 Å². The Kier molecular flexibility index (Phi) is 3.90. The molecule has 2 rings (SSSR count). The number of halogens is 1. The summed E-state index contributed by atoms with van der Waals surface area (Å²) in [6.45, 7) is 6.28. The van der Waals surface area contributed by atoms with Gasteiger partial charge in [-0.1, -0.05) is 32.4 Å². The first-order chi connectivity index (χ1) is 8.94. The van der Waals surface area contributed by atoms with E-state index < -0.39 is 0 Å². The molecule has 0 aliphatic rings. The van der Waals surface area contributed by atoms with Gasteiger partial charge in [-0.2, -0.15) is 9.78 Å². The third-order valence-corrected chi connectivity index (χ3v) is 2.49. The normalized spacial score (nSPS) is 12.5.